The van der Waals surface area contributed by atoms with Crippen LogP contribution in [0.1, 0.15) is 65.2 Å². The van der Waals surface area contributed by atoms with Gasteiger partial charge in [0.1, 0.15) is 36.0 Å². The summed E-state index contributed by atoms with van der Waals surface area (Å²) in [5.41, 5.74) is 14.0. The van der Waals surface area contributed by atoms with Crippen molar-refractivity contribution in [1.29, 1.82) is 5.26 Å². The van der Waals surface area contributed by atoms with Crippen LogP contribution < -0.4 is 19.9 Å². The molecule has 0 bridgehead atoms. The number of rotatable bonds is 12. The van der Waals surface area contributed by atoms with Crippen molar-refractivity contribution in [2.75, 3.05) is 26.2 Å². The number of piperidine rings is 1. The van der Waals surface area contributed by atoms with Crippen molar-refractivity contribution in [3.63, 3.8) is 0 Å². The molecule has 1 saturated heterocycles. The van der Waals surface area contributed by atoms with E-state index in [0.717, 1.165) is 79.7 Å². The summed E-state index contributed by atoms with van der Waals surface area (Å²) < 4.78 is 19.0. The molecule has 2 heterocycles. The lowest BCUT2D eigenvalue weighted by atomic mass is 9.93. The maximum Gasteiger partial charge on any atom is 0.142 e. The Morgan fingerprint density at radius 1 is 1.00 bits per heavy atom. The molecule has 0 radical (unpaired) electrons. The number of ether oxygens (including phenoxy) is 3. The van der Waals surface area contributed by atoms with Crippen molar-refractivity contribution in [3.8, 4) is 34.4 Å². The third kappa shape index (κ3) is 7.72. The van der Waals surface area contributed by atoms with Crippen molar-refractivity contribution in [1.82, 2.24) is 9.88 Å². The second-order valence-corrected chi connectivity index (χ2v) is 12.7. The predicted molar refractivity (Wildman–Crippen MR) is 183 cm³/mol. The van der Waals surface area contributed by atoms with Gasteiger partial charge in [0.25, 0.3) is 0 Å². The first-order valence-corrected chi connectivity index (χ1v) is 16.7. The van der Waals surface area contributed by atoms with Gasteiger partial charge >= 0.3 is 0 Å². The number of nitrogens with zero attached hydrogens (tertiary/aromatic N) is 3. The van der Waals surface area contributed by atoms with Crippen LogP contribution in [0.4, 0.5) is 0 Å². The number of pyridine rings is 1. The van der Waals surface area contributed by atoms with Gasteiger partial charge in [0, 0.05) is 55.8 Å². The molecule has 1 atom stereocenters. The third-order valence-electron chi connectivity index (χ3n) is 9.15. The summed E-state index contributed by atoms with van der Waals surface area (Å²) in [6, 6.07) is 20.2. The Hall–Kier alpha value is -4.13. The first-order chi connectivity index (χ1) is 22.9. The topological polar surface area (TPSA) is 114 Å². The van der Waals surface area contributed by atoms with E-state index in [-0.39, 0.29) is 25.4 Å². The highest BCUT2D eigenvalue weighted by Gasteiger charge is 2.28. The van der Waals surface area contributed by atoms with E-state index in [9.17, 15) is 10.4 Å². The molecule has 47 heavy (non-hydrogen) atoms. The number of benzene rings is 3. The fourth-order valence-corrected chi connectivity index (χ4v) is 6.80. The summed E-state index contributed by atoms with van der Waals surface area (Å²) in [6.45, 7) is 6.17. The van der Waals surface area contributed by atoms with Gasteiger partial charge in [-0.25, -0.2) is 0 Å². The van der Waals surface area contributed by atoms with Crippen LogP contribution in [0, 0.1) is 18.3 Å². The van der Waals surface area contributed by atoms with Crippen LogP contribution in [-0.4, -0.2) is 47.3 Å². The maximum atomic E-state index is 9.76. The van der Waals surface area contributed by atoms with Crippen LogP contribution in [0.2, 0.25) is 5.02 Å². The molecule has 9 heteroatoms. The van der Waals surface area contributed by atoms with Crippen molar-refractivity contribution in [3.05, 3.63) is 105 Å². The van der Waals surface area contributed by atoms with E-state index in [1.54, 1.807) is 18.3 Å². The molecule has 0 saturated carbocycles. The summed E-state index contributed by atoms with van der Waals surface area (Å²) in [4.78, 5) is 6.53. The molecule has 244 valence electrons. The second kappa shape index (κ2) is 15.2. The average molecular weight is 653 g/mol. The maximum absolute atomic E-state index is 9.76. The quantitative estimate of drug-likeness (QED) is 0.159. The van der Waals surface area contributed by atoms with Gasteiger partial charge in [-0.15, -0.1) is 0 Å². The number of nitrogens with two attached hydrogens (primary N) is 1. The molecule has 0 amide bonds. The standard InChI is InChI=1S/C38H41ClN4O4/c1-25-30(5-3-8-35(25)45-16-4-13-43-14-11-29(44)12-15-43)31-6-2-7-33-32(31)9-10-36(33)47-38-19-37(28(21-41)18-34(38)39)46-24-27-17-26(20-40)22-42-23-27/h2-3,5-8,17-19,22-23,29,36,44H,4,9-16,21,24,41H2,1H3/t36-/m0/s1. The number of halogens is 1. The molecule has 0 unspecified atom stereocenters. The van der Waals surface area contributed by atoms with E-state index in [1.165, 1.54) is 22.9 Å². The Morgan fingerprint density at radius 3 is 2.62 bits per heavy atom. The molecule has 3 N–H and O–H groups in total. The molecule has 6 rings (SSSR count). The first kappa shape index (κ1) is 32.8. The van der Waals surface area contributed by atoms with E-state index in [4.69, 9.17) is 31.5 Å². The van der Waals surface area contributed by atoms with E-state index >= 15 is 0 Å². The monoisotopic (exact) mass is 652 g/mol. The van der Waals surface area contributed by atoms with Crippen molar-refractivity contribution < 1.29 is 19.3 Å². The normalized spacial score (nSPS) is 16.4. The lowest BCUT2D eigenvalue weighted by Crippen LogP contribution is -2.36. The van der Waals surface area contributed by atoms with Gasteiger partial charge in [-0.05, 0) is 85.0 Å². The molecule has 4 aromatic rings. The van der Waals surface area contributed by atoms with Crippen molar-refractivity contribution in [2.45, 2.75) is 64.4 Å². The van der Waals surface area contributed by atoms with Gasteiger partial charge in [0.2, 0.25) is 0 Å². The fourth-order valence-electron chi connectivity index (χ4n) is 6.57. The molecule has 1 aliphatic carbocycles. The van der Waals surface area contributed by atoms with Gasteiger partial charge in [-0.2, -0.15) is 5.26 Å². The van der Waals surface area contributed by atoms with Crippen LogP contribution >= 0.6 is 11.6 Å². The number of aromatic nitrogens is 1. The Bertz CT molecular complexity index is 1750. The highest BCUT2D eigenvalue weighted by atomic mass is 35.5. The van der Waals surface area contributed by atoms with Crippen LogP contribution in [0.15, 0.2) is 67.0 Å². The second-order valence-electron chi connectivity index (χ2n) is 12.3. The molecular formula is C38H41ClN4O4. The average Bonchev–Trinajstić information content (AvgIpc) is 3.51. The van der Waals surface area contributed by atoms with E-state index < -0.39 is 0 Å². The summed E-state index contributed by atoms with van der Waals surface area (Å²) in [7, 11) is 0. The number of aliphatic hydroxyl groups is 1. The van der Waals surface area contributed by atoms with Crippen LogP contribution in [-0.2, 0) is 19.6 Å². The van der Waals surface area contributed by atoms with Crippen molar-refractivity contribution in [2.24, 2.45) is 5.73 Å². The first-order valence-electron chi connectivity index (χ1n) is 16.3. The lowest BCUT2D eigenvalue weighted by Gasteiger charge is -2.29. The smallest absolute Gasteiger partial charge is 0.142 e. The third-order valence-corrected chi connectivity index (χ3v) is 9.44. The summed E-state index contributed by atoms with van der Waals surface area (Å²) in [5, 5.41) is 19.4. The highest BCUT2D eigenvalue weighted by Crippen LogP contribution is 2.44. The Morgan fingerprint density at radius 2 is 1.81 bits per heavy atom. The summed E-state index contributed by atoms with van der Waals surface area (Å²) in [6.07, 6.45) is 7.27. The number of nitriles is 1. The highest BCUT2D eigenvalue weighted by molar-refractivity contribution is 6.32. The Labute approximate surface area is 281 Å². The molecule has 2 aliphatic rings. The SMILES string of the molecule is Cc1c(OCCCN2CCC(O)CC2)cccc1-c1cccc2c1CC[C@@H]2Oc1cc(OCc2cncc(C#N)c2)c(CN)cc1Cl. The summed E-state index contributed by atoms with van der Waals surface area (Å²) >= 11 is 6.70. The van der Waals surface area contributed by atoms with Gasteiger partial charge in [-0.3, -0.25) is 4.98 Å². The number of fused-ring (bicyclic) bond motifs is 1. The minimum absolute atomic E-state index is 0.147. The molecule has 1 fully saturated rings. The van der Waals surface area contributed by atoms with Gasteiger partial charge < -0.3 is 30.0 Å². The molecule has 8 nitrogen and oxygen atoms in total. The molecular weight excluding hydrogens is 612 g/mol. The zero-order chi connectivity index (χ0) is 32.8. The molecule has 0 spiro atoms. The molecule has 1 aromatic heterocycles. The predicted octanol–water partition coefficient (Wildman–Crippen LogP) is 6.91. The largest absolute Gasteiger partial charge is 0.493 e. The van der Waals surface area contributed by atoms with Gasteiger partial charge in [0.15, 0.2) is 0 Å². The number of hydrogen-bond acceptors (Lipinski definition) is 8. The van der Waals surface area contributed by atoms with Gasteiger partial charge in [-0.1, -0.05) is 41.9 Å². The molecule has 1 aliphatic heterocycles. The zero-order valence-electron chi connectivity index (χ0n) is 26.8. The molecule has 3 aromatic carbocycles. The number of aliphatic hydroxyl groups excluding tert-OH is 1. The number of likely N-dealkylation sites (tertiary alicyclic amines) is 1. The van der Waals surface area contributed by atoms with Crippen molar-refractivity contribution >= 4 is 11.6 Å². The van der Waals surface area contributed by atoms with Crippen LogP contribution in [0.25, 0.3) is 11.1 Å². The van der Waals surface area contributed by atoms with E-state index in [1.807, 2.05) is 6.07 Å². The fraction of sp³-hybridized carbons (Fsp3) is 0.368. The van der Waals surface area contributed by atoms with E-state index in [2.05, 4.69) is 59.3 Å². The number of hydrogen-bond donors (Lipinski definition) is 2. The summed E-state index contributed by atoms with van der Waals surface area (Å²) in [5.74, 6) is 2.04. The zero-order valence-corrected chi connectivity index (χ0v) is 27.5. The van der Waals surface area contributed by atoms with Crippen LogP contribution in [0.3, 0.4) is 0 Å². The van der Waals surface area contributed by atoms with Crippen LogP contribution in [0.5, 0.6) is 17.2 Å². The van der Waals surface area contributed by atoms with E-state index in [0.29, 0.717) is 28.7 Å². The minimum atomic E-state index is -0.161. The Balaban J connectivity index is 1.15. The Kier molecular flexibility index (Phi) is 10.6. The van der Waals surface area contributed by atoms with Gasteiger partial charge in [0.05, 0.1) is 23.3 Å². The minimum Gasteiger partial charge on any atom is -0.493 e. The lowest BCUT2D eigenvalue weighted by molar-refractivity contribution is 0.0800.